The van der Waals surface area contributed by atoms with E-state index < -0.39 is 11.8 Å². The zero-order valence-electron chi connectivity index (χ0n) is 15.6. The molecule has 2 amide bonds. The number of rotatable bonds is 8. The fourth-order valence-electron chi connectivity index (χ4n) is 2.35. The van der Waals surface area contributed by atoms with Crippen molar-refractivity contribution in [2.24, 2.45) is 5.73 Å². The number of ether oxygens (including phenoxy) is 3. The molecule has 0 spiro atoms. The van der Waals surface area contributed by atoms with Crippen LogP contribution in [0.2, 0.25) is 0 Å². The number of hydrogen-bond donors (Lipinski definition) is 2. The second-order valence-corrected chi connectivity index (χ2v) is 6.46. The van der Waals surface area contributed by atoms with Gasteiger partial charge in [-0.25, -0.2) is 0 Å². The van der Waals surface area contributed by atoms with Crippen molar-refractivity contribution in [1.82, 2.24) is 5.32 Å². The summed E-state index contributed by atoms with van der Waals surface area (Å²) in [5, 5.41) is 2.05. The Morgan fingerprint density at radius 3 is 2.14 bits per heavy atom. The average Bonchev–Trinajstić information content (AvgIpc) is 2.71. The standard InChI is InChI=1S/C19H20N2O6S/c1-25-13-9-15(27-3)14(26-2)8-12(13)19(24)28-16-7-5-4-6-11(16)18(23)21-10-17(20)22/h4-9H,10H2,1-3H3,(H2,20,22)(H,21,23). The van der Waals surface area contributed by atoms with Gasteiger partial charge in [0.1, 0.15) is 5.75 Å². The van der Waals surface area contributed by atoms with Gasteiger partial charge in [-0.05, 0) is 30.0 Å². The molecule has 0 heterocycles. The highest BCUT2D eigenvalue weighted by molar-refractivity contribution is 8.14. The molecule has 0 bridgehead atoms. The highest BCUT2D eigenvalue weighted by atomic mass is 32.2. The number of hydrogen-bond acceptors (Lipinski definition) is 7. The van der Waals surface area contributed by atoms with Gasteiger partial charge in [-0.3, -0.25) is 14.4 Å². The number of nitrogens with two attached hydrogens (primary N) is 1. The van der Waals surface area contributed by atoms with Crippen molar-refractivity contribution in [2.75, 3.05) is 27.9 Å². The summed E-state index contributed by atoms with van der Waals surface area (Å²) in [5.74, 6) is -0.0590. The molecule has 0 aliphatic carbocycles. The smallest absolute Gasteiger partial charge is 0.252 e. The highest BCUT2D eigenvalue weighted by Crippen LogP contribution is 2.38. The van der Waals surface area contributed by atoms with Crippen molar-refractivity contribution in [3.8, 4) is 17.2 Å². The molecule has 0 fully saturated rings. The Labute approximate surface area is 166 Å². The minimum Gasteiger partial charge on any atom is -0.496 e. The van der Waals surface area contributed by atoms with Crippen molar-refractivity contribution < 1.29 is 28.6 Å². The molecule has 2 aromatic rings. The van der Waals surface area contributed by atoms with Crippen molar-refractivity contribution in [3.63, 3.8) is 0 Å². The lowest BCUT2D eigenvalue weighted by molar-refractivity contribution is -0.117. The third-order valence-electron chi connectivity index (χ3n) is 3.68. The van der Waals surface area contributed by atoms with E-state index in [1.54, 1.807) is 30.3 Å². The average molecular weight is 404 g/mol. The summed E-state index contributed by atoms with van der Waals surface area (Å²) in [6, 6.07) is 9.62. The molecule has 9 heteroatoms. The molecular weight excluding hydrogens is 384 g/mol. The topological polar surface area (TPSA) is 117 Å². The Morgan fingerprint density at radius 1 is 0.929 bits per heavy atom. The van der Waals surface area contributed by atoms with Crippen LogP contribution in [0.15, 0.2) is 41.3 Å². The molecule has 148 valence electrons. The van der Waals surface area contributed by atoms with E-state index in [1.165, 1.54) is 27.4 Å². The second kappa shape index (κ2) is 9.65. The minimum absolute atomic E-state index is 0.251. The monoisotopic (exact) mass is 404 g/mol. The van der Waals surface area contributed by atoms with Crippen molar-refractivity contribution in [2.45, 2.75) is 4.90 Å². The van der Waals surface area contributed by atoms with Crippen molar-refractivity contribution in [1.29, 1.82) is 0 Å². The van der Waals surface area contributed by atoms with Gasteiger partial charge in [-0.15, -0.1) is 0 Å². The summed E-state index contributed by atoms with van der Waals surface area (Å²) in [6.45, 7) is -0.296. The number of methoxy groups -OCH3 is 3. The summed E-state index contributed by atoms with van der Waals surface area (Å²) in [6.07, 6.45) is 0. The van der Waals surface area contributed by atoms with Gasteiger partial charge in [-0.2, -0.15) is 0 Å². The van der Waals surface area contributed by atoms with Crippen molar-refractivity contribution in [3.05, 3.63) is 47.5 Å². The van der Waals surface area contributed by atoms with Crippen LogP contribution >= 0.6 is 11.8 Å². The zero-order chi connectivity index (χ0) is 20.7. The van der Waals surface area contributed by atoms with E-state index in [1.807, 2.05) is 0 Å². The molecule has 2 aromatic carbocycles. The van der Waals surface area contributed by atoms with Gasteiger partial charge in [0.25, 0.3) is 5.91 Å². The molecule has 28 heavy (non-hydrogen) atoms. The fraction of sp³-hybridized carbons (Fsp3) is 0.211. The lowest BCUT2D eigenvalue weighted by atomic mass is 10.2. The molecule has 3 N–H and O–H groups in total. The predicted molar refractivity (Wildman–Crippen MR) is 104 cm³/mol. The summed E-state index contributed by atoms with van der Waals surface area (Å²) in [7, 11) is 4.38. The number of primary amides is 1. The lowest BCUT2D eigenvalue weighted by Gasteiger charge is -2.14. The molecule has 0 radical (unpaired) electrons. The van der Waals surface area contributed by atoms with Gasteiger partial charge in [-0.1, -0.05) is 12.1 Å². The van der Waals surface area contributed by atoms with Crippen LogP contribution in [0.1, 0.15) is 20.7 Å². The predicted octanol–water partition coefficient (Wildman–Crippen LogP) is 1.86. The zero-order valence-corrected chi connectivity index (χ0v) is 16.4. The summed E-state index contributed by atoms with van der Waals surface area (Å²) in [5.41, 5.74) is 5.56. The maximum atomic E-state index is 12.9. The molecule has 0 aliphatic heterocycles. The van der Waals surface area contributed by atoms with E-state index in [4.69, 9.17) is 19.9 Å². The molecule has 0 saturated heterocycles. The number of nitrogens with one attached hydrogen (secondary N) is 1. The Kier molecular flexibility index (Phi) is 7.28. The molecule has 0 aromatic heterocycles. The first-order chi connectivity index (χ1) is 13.4. The molecule has 0 aliphatic rings. The van der Waals surface area contributed by atoms with Crippen LogP contribution in [0.25, 0.3) is 0 Å². The quantitative estimate of drug-likeness (QED) is 0.645. The first-order valence-corrected chi connectivity index (χ1v) is 8.90. The van der Waals surface area contributed by atoms with Crippen LogP contribution in [0.5, 0.6) is 17.2 Å². The SMILES string of the molecule is COc1cc(OC)c(C(=O)Sc2ccccc2C(=O)NCC(N)=O)cc1OC. The normalized spacial score (nSPS) is 10.1. The molecule has 8 nitrogen and oxygen atoms in total. The summed E-state index contributed by atoms with van der Waals surface area (Å²) >= 11 is 0.856. The van der Waals surface area contributed by atoms with E-state index in [9.17, 15) is 14.4 Å². The van der Waals surface area contributed by atoms with Gasteiger partial charge in [0.05, 0.1) is 39.0 Å². The van der Waals surface area contributed by atoms with Gasteiger partial charge in [0, 0.05) is 11.0 Å². The minimum atomic E-state index is -0.662. The largest absolute Gasteiger partial charge is 0.496 e. The van der Waals surface area contributed by atoms with Crippen LogP contribution in [0, 0.1) is 0 Å². The Hall–Kier alpha value is -3.20. The molecule has 0 saturated carbocycles. The van der Waals surface area contributed by atoms with Gasteiger partial charge < -0.3 is 25.3 Å². The highest BCUT2D eigenvalue weighted by Gasteiger charge is 2.21. The van der Waals surface area contributed by atoms with E-state index >= 15 is 0 Å². The molecule has 0 unspecified atom stereocenters. The molecule has 2 rings (SSSR count). The Balaban J connectivity index is 2.33. The number of carbonyl (C=O) groups excluding carboxylic acids is 3. The Bertz CT molecular complexity index is 900. The number of amides is 2. The third kappa shape index (κ3) is 4.95. The van der Waals surface area contributed by atoms with Crippen molar-refractivity contribution >= 4 is 28.7 Å². The van der Waals surface area contributed by atoms with E-state index in [-0.39, 0.29) is 22.8 Å². The molecule has 0 atom stereocenters. The maximum absolute atomic E-state index is 12.9. The van der Waals surface area contributed by atoms with Crippen LogP contribution in [0.4, 0.5) is 0 Å². The van der Waals surface area contributed by atoms with E-state index in [0.29, 0.717) is 22.1 Å². The van der Waals surface area contributed by atoms with Gasteiger partial charge in [0.2, 0.25) is 11.0 Å². The number of thioether (sulfide) groups is 1. The number of benzene rings is 2. The first kappa shape index (κ1) is 21.1. The van der Waals surface area contributed by atoms with Gasteiger partial charge in [0.15, 0.2) is 11.5 Å². The van der Waals surface area contributed by atoms with E-state index in [2.05, 4.69) is 5.32 Å². The first-order valence-electron chi connectivity index (χ1n) is 8.09. The maximum Gasteiger partial charge on any atom is 0.252 e. The lowest BCUT2D eigenvalue weighted by Crippen LogP contribution is -2.33. The van der Waals surface area contributed by atoms with Crippen LogP contribution in [-0.2, 0) is 4.79 Å². The fourth-order valence-corrected chi connectivity index (χ4v) is 3.24. The Morgan fingerprint density at radius 2 is 1.54 bits per heavy atom. The van der Waals surface area contributed by atoms with E-state index in [0.717, 1.165) is 11.8 Å². The summed E-state index contributed by atoms with van der Waals surface area (Å²) in [4.78, 5) is 36.5. The number of carbonyl (C=O) groups is 3. The second-order valence-electron chi connectivity index (χ2n) is 5.44. The molecular formula is C19H20N2O6S. The third-order valence-corrected chi connectivity index (χ3v) is 4.66. The van der Waals surface area contributed by atoms with Gasteiger partial charge >= 0.3 is 0 Å². The van der Waals surface area contributed by atoms with Crippen LogP contribution in [-0.4, -0.2) is 44.8 Å². The van der Waals surface area contributed by atoms with Crippen LogP contribution in [0.3, 0.4) is 0 Å². The van der Waals surface area contributed by atoms with Crippen LogP contribution < -0.4 is 25.3 Å². The summed E-state index contributed by atoms with van der Waals surface area (Å²) < 4.78 is 15.7.